The Hall–Kier alpha value is -1.30. The Morgan fingerprint density at radius 3 is 2.43 bits per heavy atom. The van der Waals surface area contributed by atoms with E-state index in [-0.39, 0.29) is 6.10 Å². The van der Waals surface area contributed by atoms with Gasteiger partial charge in [0.1, 0.15) is 5.75 Å². The molecule has 0 bridgehead atoms. The van der Waals surface area contributed by atoms with Gasteiger partial charge in [0.2, 0.25) is 0 Å². The van der Waals surface area contributed by atoms with Crippen molar-refractivity contribution in [2.24, 2.45) is 0 Å². The molecule has 2 rings (SSSR count). The van der Waals surface area contributed by atoms with E-state index in [9.17, 15) is 5.11 Å². The summed E-state index contributed by atoms with van der Waals surface area (Å²) in [5.74, 6) is 0.893. The second-order valence-corrected chi connectivity index (χ2v) is 5.45. The zero-order chi connectivity index (χ0) is 15.1. The number of benzene rings is 1. The number of piperazine rings is 1. The molecule has 118 valence electrons. The van der Waals surface area contributed by atoms with Gasteiger partial charge in [0.05, 0.1) is 13.2 Å². The molecule has 1 aliphatic rings. The number of nitrogens with one attached hydrogen (secondary N) is 1. The van der Waals surface area contributed by atoms with Crippen molar-refractivity contribution in [2.45, 2.75) is 13.0 Å². The summed E-state index contributed by atoms with van der Waals surface area (Å²) in [7, 11) is 1.69. The highest BCUT2D eigenvalue weighted by Gasteiger charge is 2.19. The summed E-state index contributed by atoms with van der Waals surface area (Å²) in [6.07, 6.45) is -0.280. The average Bonchev–Trinajstić information content (AvgIpc) is 2.54. The number of aliphatic hydroxyl groups excluding tert-OH is 1. The van der Waals surface area contributed by atoms with Crippen molar-refractivity contribution in [3.8, 4) is 5.75 Å². The molecule has 0 radical (unpaired) electrons. The molecule has 1 unspecified atom stereocenters. The zero-order valence-corrected chi connectivity index (χ0v) is 13.1. The van der Waals surface area contributed by atoms with Crippen LogP contribution in [0.25, 0.3) is 0 Å². The van der Waals surface area contributed by atoms with Gasteiger partial charge in [-0.15, -0.1) is 0 Å². The van der Waals surface area contributed by atoms with Crippen molar-refractivity contribution < 1.29 is 9.84 Å². The van der Waals surface area contributed by atoms with Crippen LogP contribution in [0.2, 0.25) is 0 Å². The van der Waals surface area contributed by atoms with Crippen molar-refractivity contribution >= 4 is 5.69 Å². The quantitative estimate of drug-likeness (QED) is 0.778. The first kappa shape index (κ1) is 16.1. The molecule has 1 aliphatic heterocycles. The van der Waals surface area contributed by atoms with Crippen LogP contribution in [0.15, 0.2) is 24.3 Å². The van der Waals surface area contributed by atoms with Gasteiger partial charge in [0.25, 0.3) is 0 Å². The van der Waals surface area contributed by atoms with Gasteiger partial charge in [-0.25, -0.2) is 0 Å². The molecular weight excluding hydrogens is 266 g/mol. The summed E-state index contributed by atoms with van der Waals surface area (Å²) in [6, 6.07) is 8.22. The number of likely N-dealkylation sites (N-methyl/N-ethyl adjacent to an activating group) is 1. The van der Waals surface area contributed by atoms with Crippen molar-refractivity contribution in [1.29, 1.82) is 0 Å². The van der Waals surface area contributed by atoms with E-state index in [0.29, 0.717) is 6.54 Å². The molecule has 5 heteroatoms. The number of anilines is 1. The second kappa shape index (κ2) is 8.22. The van der Waals surface area contributed by atoms with Crippen molar-refractivity contribution in [3.05, 3.63) is 24.3 Å². The number of hydrogen-bond donors (Lipinski definition) is 2. The highest BCUT2D eigenvalue weighted by atomic mass is 16.5. The Balaban J connectivity index is 1.77. The zero-order valence-electron chi connectivity index (χ0n) is 13.1. The molecule has 1 aromatic carbocycles. The van der Waals surface area contributed by atoms with Crippen molar-refractivity contribution in [3.63, 3.8) is 0 Å². The van der Waals surface area contributed by atoms with Crippen LogP contribution in [0.5, 0.6) is 5.75 Å². The van der Waals surface area contributed by atoms with Gasteiger partial charge < -0.3 is 20.1 Å². The number of ether oxygens (including phenoxy) is 1. The van der Waals surface area contributed by atoms with Gasteiger partial charge in [0.15, 0.2) is 0 Å². The molecule has 0 amide bonds. The summed E-state index contributed by atoms with van der Waals surface area (Å²) in [5, 5.41) is 13.1. The molecule has 0 saturated carbocycles. The number of hydrogen-bond acceptors (Lipinski definition) is 5. The van der Waals surface area contributed by atoms with Crippen LogP contribution in [0, 0.1) is 0 Å². The van der Waals surface area contributed by atoms with E-state index in [1.165, 1.54) is 5.69 Å². The number of β-amino-alcohol motifs (C(OH)–C–C–N with tert-alkyl or cyclic N) is 1. The first-order valence-corrected chi connectivity index (χ1v) is 7.73. The summed E-state index contributed by atoms with van der Waals surface area (Å²) in [5.41, 5.74) is 1.24. The van der Waals surface area contributed by atoms with Gasteiger partial charge in [-0.1, -0.05) is 6.92 Å². The number of aliphatic hydroxyl groups is 1. The maximum atomic E-state index is 9.94. The van der Waals surface area contributed by atoms with Crippen molar-refractivity contribution in [1.82, 2.24) is 10.2 Å². The molecule has 5 nitrogen and oxygen atoms in total. The lowest BCUT2D eigenvalue weighted by Gasteiger charge is -2.37. The topological polar surface area (TPSA) is 48.0 Å². The molecule has 21 heavy (non-hydrogen) atoms. The number of rotatable bonds is 7. The van der Waals surface area contributed by atoms with Gasteiger partial charge in [0, 0.05) is 45.0 Å². The standard InChI is InChI=1S/C16H27N3O2/c1-3-17-12-15(20)13-18-8-10-19(11-9-18)14-4-6-16(21-2)7-5-14/h4-7,15,17,20H,3,8-13H2,1-2H3. The second-order valence-electron chi connectivity index (χ2n) is 5.45. The molecular formula is C16H27N3O2. The van der Waals surface area contributed by atoms with Crippen LogP contribution in [-0.4, -0.2) is 69.0 Å². The fourth-order valence-corrected chi connectivity index (χ4v) is 2.66. The third-order valence-electron chi connectivity index (χ3n) is 3.91. The molecule has 1 aromatic rings. The molecule has 1 saturated heterocycles. The Bertz CT molecular complexity index is 402. The summed E-state index contributed by atoms with van der Waals surface area (Å²) in [4.78, 5) is 4.72. The van der Waals surface area contributed by atoms with E-state index < -0.39 is 0 Å². The predicted molar refractivity (Wildman–Crippen MR) is 86.2 cm³/mol. The summed E-state index contributed by atoms with van der Waals surface area (Å²) in [6.45, 7) is 8.38. The van der Waals surface area contributed by atoms with Gasteiger partial charge >= 0.3 is 0 Å². The SMILES string of the molecule is CCNCC(O)CN1CCN(c2ccc(OC)cc2)CC1. The van der Waals surface area contributed by atoms with Gasteiger partial charge in [-0.05, 0) is 30.8 Å². The Morgan fingerprint density at radius 1 is 1.19 bits per heavy atom. The van der Waals surface area contributed by atoms with E-state index >= 15 is 0 Å². The molecule has 0 aromatic heterocycles. The van der Waals surface area contributed by atoms with E-state index in [2.05, 4.69) is 34.2 Å². The van der Waals surface area contributed by atoms with Crippen LogP contribution >= 0.6 is 0 Å². The van der Waals surface area contributed by atoms with Gasteiger partial charge in [-0.3, -0.25) is 4.90 Å². The van der Waals surface area contributed by atoms with E-state index in [1.807, 2.05) is 12.1 Å². The fraction of sp³-hybridized carbons (Fsp3) is 0.625. The molecule has 0 spiro atoms. The molecule has 0 aliphatic carbocycles. The third-order valence-corrected chi connectivity index (χ3v) is 3.91. The highest BCUT2D eigenvalue weighted by molar-refractivity contribution is 5.49. The molecule has 1 heterocycles. The lowest BCUT2D eigenvalue weighted by Crippen LogP contribution is -2.49. The minimum atomic E-state index is -0.280. The predicted octanol–water partition coefficient (Wildman–Crippen LogP) is 0.788. The monoisotopic (exact) mass is 293 g/mol. The highest BCUT2D eigenvalue weighted by Crippen LogP contribution is 2.20. The maximum absolute atomic E-state index is 9.94. The largest absolute Gasteiger partial charge is 0.497 e. The summed E-state index contributed by atoms with van der Waals surface area (Å²) >= 11 is 0. The number of methoxy groups -OCH3 is 1. The lowest BCUT2D eigenvalue weighted by molar-refractivity contribution is 0.108. The van der Waals surface area contributed by atoms with Crippen molar-refractivity contribution in [2.75, 3.05) is 57.8 Å². The summed E-state index contributed by atoms with van der Waals surface area (Å²) < 4.78 is 5.19. The minimum Gasteiger partial charge on any atom is -0.497 e. The van der Waals surface area contributed by atoms with Crippen LogP contribution in [0.3, 0.4) is 0 Å². The normalized spacial score (nSPS) is 17.8. The minimum absolute atomic E-state index is 0.280. The average molecular weight is 293 g/mol. The third kappa shape index (κ3) is 4.88. The Morgan fingerprint density at radius 2 is 1.86 bits per heavy atom. The lowest BCUT2D eigenvalue weighted by atomic mass is 10.2. The van der Waals surface area contributed by atoms with Crippen LogP contribution in [-0.2, 0) is 0 Å². The van der Waals surface area contributed by atoms with Gasteiger partial charge in [-0.2, -0.15) is 0 Å². The smallest absolute Gasteiger partial charge is 0.119 e. The van der Waals surface area contributed by atoms with E-state index in [4.69, 9.17) is 4.74 Å². The van der Waals surface area contributed by atoms with E-state index in [1.54, 1.807) is 7.11 Å². The maximum Gasteiger partial charge on any atom is 0.119 e. The molecule has 1 atom stereocenters. The molecule has 2 N–H and O–H groups in total. The van der Waals surface area contributed by atoms with Crippen LogP contribution in [0.4, 0.5) is 5.69 Å². The first-order chi connectivity index (χ1) is 10.2. The van der Waals surface area contributed by atoms with Crippen LogP contribution < -0.4 is 15.0 Å². The fourth-order valence-electron chi connectivity index (χ4n) is 2.66. The Labute approximate surface area is 127 Å². The Kier molecular flexibility index (Phi) is 6.29. The van der Waals surface area contributed by atoms with E-state index in [0.717, 1.165) is 45.0 Å². The number of nitrogens with zero attached hydrogens (tertiary/aromatic N) is 2. The van der Waals surface area contributed by atoms with Crippen LogP contribution in [0.1, 0.15) is 6.92 Å². The molecule has 1 fully saturated rings. The first-order valence-electron chi connectivity index (χ1n) is 7.73.